The summed E-state index contributed by atoms with van der Waals surface area (Å²) in [6, 6.07) is 0.354. The van der Waals surface area contributed by atoms with Gasteiger partial charge in [-0.1, -0.05) is 20.8 Å². The summed E-state index contributed by atoms with van der Waals surface area (Å²) in [6.07, 6.45) is 3.97. The van der Waals surface area contributed by atoms with Gasteiger partial charge in [0.1, 0.15) is 0 Å². The lowest BCUT2D eigenvalue weighted by molar-refractivity contribution is -0.137. The lowest BCUT2D eigenvalue weighted by atomic mass is 9.68. The molecule has 4 nitrogen and oxygen atoms in total. The van der Waals surface area contributed by atoms with Crippen molar-refractivity contribution in [3.8, 4) is 0 Å². The van der Waals surface area contributed by atoms with Crippen molar-refractivity contribution in [3.05, 3.63) is 0 Å². The van der Waals surface area contributed by atoms with Gasteiger partial charge in [-0.15, -0.1) is 0 Å². The van der Waals surface area contributed by atoms with E-state index in [1.54, 1.807) is 0 Å². The number of rotatable bonds is 3. The minimum Gasteiger partial charge on any atom is -0.378 e. The number of ether oxygens (including phenoxy) is 1. The lowest BCUT2D eigenvalue weighted by Gasteiger charge is -2.45. The van der Waals surface area contributed by atoms with E-state index in [9.17, 15) is 4.79 Å². The first kappa shape index (κ1) is 15.3. The molecular formula is C17H30N2O2. The Bertz CT molecular complexity index is 412. The van der Waals surface area contributed by atoms with Crippen LogP contribution in [0.15, 0.2) is 0 Å². The van der Waals surface area contributed by atoms with Crippen LogP contribution in [0.25, 0.3) is 0 Å². The van der Waals surface area contributed by atoms with Crippen molar-refractivity contribution in [2.75, 3.05) is 26.3 Å². The van der Waals surface area contributed by atoms with E-state index in [2.05, 4.69) is 26.1 Å². The van der Waals surface area contributed by atoms with Crippen LogP contribution in [-0.4, -0.2) is 49.2 Å². The molecule has 0 aromatic carbocycles. The monoisotopic (exact) mass is 294 g/mol. The van der Waals surface area contributed by atoms with Crippen LogP contribution in [0.5, 0.6) is 0 Å². The van der Waals surface area contributed by atoms with Crippen molar-refractivity contribution in [2.45, 2.75) is 59.0 Å². The number of amides is 1. The van der Waals surface area contributed by atoms with Crippen LogP contribution < -0.4 is 5.32 Å². The predicted molar refractivity (Wildman–Crippen MR) is 83.0 cm³/mol. The van der Waals surface area contributed by atoms with Gasteiger partial charge in [-0.25, -0.2) is 0 Å². The second-order valence-electron chi connectivity index (χ2n) is 8.17. The Kier molecular flexibility index (Phi) is 3.81. The van der Waals surface area contributed by atoms with Crippen molar-refractivity contribution in [2.24, 2.45) is 16.7 Å². The molecule has 1 N–H and O–H groups in total. The maximum absolute atomic E-state index is 12.6. The SMILES string of the molecule is CC(NC1C(C)(C)[C@H]2CC[C@]1(C)C2)C(=O)N1CCOCC1. The molecule has 1 saturated heterocycles. The number of hydrogen-bond acceptors (Lipinski definition) is 3. The molecule has 0 spiro atoms. The van der Waals surface area contributed by atoms with Crippen LogP contribution >= 0.6 is 0 Å². The lowest BCUT2D eigenvalue weighted by Crippen LogP contribution is -2.58. The third-order valence-electron chi connectivity index (χ3n) is 6.38. The molecule has 4 atom stereocenters. The average molecular weight is 294 g/mol. The molecule has 2 bridgehead atoms. The molecule has 3 rings (SSSR count). The third kappa shape index (κ3) is 2.50. The topological polar surface area (TPSA) is 41.6 Å². The Morgan fingerprint density at radius 1 is 1.29 bits per heavy atom. The van der Waals surface area contributed by atoms with E-state index < -0.39 is 0 Å². The molecule has 2 saturated carbocycles. The Labute approximate surface area is 128 Å². The molecule has 3 fully saturated rings. The minimum absolute atomic E-state index is 0.0939. The quantitative estimate of drug-likeness (QED) is 0.866. The summed E-state index contributed by atoms with van der Waals surface area (Å²) in [5, 5.41) is 3.71. The Hall–Kier alpha value is -0.610. The number of hydrogen-bond donors (Lipinski definition) is 1. The number of carbonyl (C=O) groups excluding carboxylic acids is 1. The molecule has 0 radical (unpaired) electrons. The first-order valence-electron chi connectivity index (χ1n) is 8.47. The molecule has 1 aliphatic heterocycles. The van der Waals surface area contributed by atoms with E-state index in [4.69, 9.17) is 4.74 Å². The fourth-order valence-corrected chi connectivity index (χ4v) is 5.10. The largest absolute Gasteiger partial charge is 0.378 e. The van der Waals surface area contributed by atoms with E-state index >= 15 is 0 Å². The summed E-state index contributed by atoms with van der Waals surface area (Å²) in [6.45, 7) is 12.0. The van der Waals surface area contributed by atoms with Crippen molar-refractivity contribution < 1.29 is 9.53 Å². The van der Waals surface area contributed by atoms with Crippen molar-refractivity contribution in [1.82, 2.24) is 10.2 Å². The van der Waals surface area contributed by atoms with Crippen LogP contribution in [-0.2, 0) is 9.53 Å². The summed E-state index contributed by atoms with van der Waals surface area (Å²) < 4.78 is 5.34. The van der Waals surface area contributed by atoms with Gasteiger partial charge in [-0.2, -0.15) is 0 Å². The highest BCUT2D eigenvalue weighted by Gasteiger charge is 2.59. The zero-order valence-corrected chi connectivity index (χ0v) is 13.9. The summed E-state index contributed by atoms with van der Waals surface area (Å²) in [4.78, 5) is 14.6. The van der Waals surface area contributed by atoms with Gasteiger partial charge in [0.15, 0.2) is 0 Å². The Morgan fingerprint density at radius 3 is 2.52 bits per heavy atom. The average Bonchev–Trinajstić information content (AvgIpc) is 2.94. The van der Waals surface area contributed by atoms with E-state index in [1.807, 2.05) is 11.8 Å². The van der Waals surface area contributed by atoms with Gasteiger partial charge in [0, 0.05) is 19.1 Å². The molecule has 21 heavy (non-hydrogen) atoms. The Balaban J connectivity index is 1.66. The molecule has 0 aromatic rings. The number of fused-ring (bicyclic) bond motifs is 2. The maximum Gasteiger partial charge on any atom is 0.239 e. The molecule has 3 aliphatic rings. The molecule has 0 aromatic heterocycles. The van der Waals surface area contributed by atoms with Crippen LogP contribution in [0.1, 0.15) is 47.0 Å². The first-order chi connectivity index (χ1) is 9.84. The van der Waals surface area contributed by atoms with Crippen LogP contribution in [0, 0.1) is 16.7 Å². The van der Waals surface area contributed by atoms with Crippen molar-refractivity contribution in [3.63, 3.8) is 0 Å². The molecule has 120 valence electrons. The van der Waals surface area contributed by atoms with Gasteiger partial charge < -0.3 is 15.0 Å². The zero-order valence-electron chi connectivity index (χ0n) is 13.9. The normalized spacial score (nSPS) is 39.5. The van der Waals surface area contributed by atoms with Gasteiger partial charge in [-0.05, 0) is 42.9 Å². The highest BCUT2D eigenvalue weighted by molar-refractivity contribution is 5.81. The summed E-state index contributed by atoms with van der Waals surface area (Å²) >= 11 is 0. The van der Waals surface area contributed by atoms with E-state index in [1.165, 1.54) is 19.3 Å². The zero-order chi connectivity index (χ0) is 15.3. The first-order valence-corrected chi connectivity index (χ1v) is 8.47. The highest BCUT2D eigenvalue weighted by Crippen LogP contribution is 2.62. The van der Waals surface area contributed by atoms with Gasteiger partial charge in [0.2, 0.25) is 5.91 Å². The standard InChI is InChI=1S/C17H30N2O2/c1-12(14(20)19-7-9-21-10-8-19)18-15-16(2,3)13-5-6-17(15,4)11-13/h12-13,15,18H,5-11H2,1-4H3/t12?,13-,15?,17+/m0/s1. The number of carbonyl (C=O) groups is 1. The highest BCUT2D eigenvalue weighted by atomic mass is 16.5. The van der Waals surface area contributed by atoms with Gasteiger partial charge in [0.05, 0.1) is 19.3 Å². The second kappa shape index (κ2) is 5.24. The molecular weight excluding hydrogens is 264 g/mol. The number of morpholine rings is 1. The fourth-order valence-electron chi connectivity index (χ4n) is 5.10. The maximum atomic E-state index is 12.6. The molecule has 1 amide bonds. The smallest absolute Gasteiger partial charge is 0.239 e. The van der Waals surface area contributed by atoms with Gasteiger partial charge in [-0.3, -0.25) is 4.79 Å². The number of nitrogens with zero attached hydrogens (tertiary/aromatic N) is 1. The molecule has 2 aliphatic carbocycles. The third-order valence-corrected chi connectivity index (χ3v) is 6.38. The van der Waals surface area contributed by atoms with Gasteiger partial charge in [0.25, 0.3) is 0 Å². The summed E-state index contributed by atoms with van der Waals surface area (Å²) in [5.74, 6) is 1.05. The number of nitrogens with one attached hydrogen (secondary N) is 1. The van der Waals surface area contributed by atoms with Crippen molar-refractivity contribution >= 4 is 5.91 Å². The van der Waals surface area contributed by atoms with Crippen LogP contribution in [0.2, 0.25) is 0 Å². The Morgan fingerprint density at radius 2 is 1.95 bits per heavy atom. The van der Waals surface area contributed by atoms with Crippen LogP contribution in [0.4, 0.5) is 0 Å². The van der Waals surface area contributed by atoms with Crippen LogP contribution in [0.3, 0.4) is 0 Å². The second-order valence-corrected chi connectivity index (χ2v) is 8.17. The fraction of sp³-hybridized carbons (Fsp3) is 0.941. The van der Waals surface area contributed by atoms with E-state index in [-0.39, 0.29) is 11.9 Å². The summed E-state index contributed by atoms with van der Waals surface area (Å²) in [7, 11) is 0. The summed E-state index contributed by atoms with van der Waals surface area (Å²) in [5.41, 5.74) is 0.667. The molecule has 1 heterocycles. The molecule has 4 heteroatoms. The predicted octanol–water partition coefficient (Wildman–Crippen LogP) is 2.04. The van der Waals surface area contributed by atoms with E-state index in [0.717, 1.165) is 19.0 Å². The van der Waals surface area contributed by atoms with Gasteiger partial charge >= 0.3 is 0 Å². The van der Waals surface area contributed by atoms with E-state index in [0.29, 0.717) is 30.1 Å². The van der Waals surface area contributed by atoms with Crippen molar-refractivity contribution in [1.29, 1.82) is 0 Å². The minimum atomic E-state index is -0.0939. The molecule has 2 unspecified atom stereocenters.